The molecule has 0 bridgehead atoms. The molecule has 4 heteroatoms. The maximum Gasteiger partial charge on any atom is 0.162 e. The Kier molecular flexibility index (Phi) is 5.26. The summed E-state index contributed by atoms with van der Waals surface area (Å²) in [5, 5.41) is 0. The zero-order chi connectivity index (χ0) is 12.0. The Morgan fingerprint density at radius 1 is 1.19 bits per heavy atom. The first-order valence-corrected chi connectivity index (χ1v) is 5.75. The fourth-order valence-corrected chi connectivity index (χ4v) is 1.61. The fraction of sp³-hybridized carbons (Fsp3) is 0.500. The molecular formula is C12H18ClNO2. The highest BCUT2D eigenvalue weighted by Crippen LogP contribution is 2.31. The van der Waals surface area contributed by atoms with Crippen LogP contribution in [0.3, 0.4) is 0 Å². The van der Waals surface area contributed by atoms with Crippen LogP contribution >= 0.6 is 11.6 Å². The number of ether oxygens (including phenoxy) is 2. The predicted molar refractivity (Wildman–Crippen MR) is 68.2 cm³/mol. The third-order valence-electron chi connectivity index (χ3n) is 2.44. The normalized spacial score (nSPS) is 10.0. The maximum atomic E-state index is 5.67. The van der Waals surface area contributed by atoms with E-state index in [1.54, 1.807) is 14.2 Å². The summed E-state index contributed by atoms with van der Waals surface area (Å²) >= 11 is 5.67. The predicted octanol–water partition coefficient (Wildman–Crippen LogP) is 2.77. The van der Waals surface area contributed by atoms with Crippen LogP contribution < -0.4 is 14.4 Å². The first-order valence-electron chi connectivity index (χ1n) is 5.22. The van der Waals surface area contributed by atoms with Gasteiger partial charge in [0.25, 0.3) is 0 Å². The lowest BCUT2D eigenvalue weighted by atomic mass is 10.2. The van der Waals surface area contributed by atoms with Crippen molar-refractivity contribution < 1.29 is 9.47 Å². The molecular weight excluding hydrogens is 226 g/mol. The molecule has 1 rings (SSSR count). The van der Waals surface area contributed by atoms with Crippen molar-refractivity contribution in [2.75, 3.05) is 38.6 Å². The van der Waals surface area contributed by atoms with Crippen molar-refractivity contribution in [3.8, 4) is 11.5 Å². The van der Waals surface area contributed by atoms with Crippen LogP contribution in [0.2, 0.25) is 0 Å². The number of halogens is 1. The summed E-state index contributed by atoms with van der Waals surface area (Å²) < 4.78 is 10.4. The number of hydrogen-bond acceptors (Lipinski definition) is 3. The fourth-order valence-electron chi connectivity index (χ4n) is 1.49. The standard InChI is InChI=1S/C12H18ClNO2/c1-14(8-4-7-13)10-5-6-11(15-2)12(9-10)16-3/h5-6,9H,4,7-8H2,1-3H3. The molecule has 0 N–H and O–H groups in total. The molecule has 1 aromatic carbocycles. The summed E-state index contributed by atoms with van der Waals surface area (Å²) in [4.78, 5) is 2.14. The Hall–Kier alpha value is -1.09. The number of hydrogen-bond donors (Lipinski definition) is 0. The van der Waals surface area contributed by atoms with Gasteiger partial charge in [0.05, 0.1) is 14.2 Å². The lowest BCUT2D eigenvalue weighted by molar-refractivity contribution is 0.355. The SMILES string of the molecule is COc1ccc(N(C)CCCCl)cc1OC. The highest BCUT2D eigenvalue weighted by Gasteiger charge is 2.07. The van der Waals surface area contributed by atoms with E-state index < -0.39 is 0 Å². The van der Waals surface area contributed by atoms with E-state index in [0.29, 0.717) is 5.88 Å². The lowest BCUT2D eigenvalue weighted by Gasteiger charge is -2.20. The van der Waals surface area contributed by atoms with Gasteiger partial charge in [0.15, 0.2) is 11.5 Å². The quantitative estimate of drug-likeness (QED) is 0.718. The van der Waals surface area contributed by atoms with Gasteiger partial charge in [-0.1, -0.05) is 0 Å². The third-order valence-corrected chi connectivity index (χ3v) is 2.70. The van der Waals surface area contributed by atoms with Gasteiger partial charge in [-0.05, 0) is 18.6 Å². The molecule has 0 radical (unpaired) electrons. The van der Waals surface area contributed by atoms with Crippen molar-refractivity contribution >= 4 is 17.3 Å². The van der Waals surface area contributed by atoms with Crippen LogP contribution in [0.25, 0.3) is 0 Å². The summed E-state index contributed by atoms with van der Waals surface area (Å²) in [5.74, 6) is 2.17. The highest BCUT2D eigenvalue weighted by atomic mass is 35.5. The van der Waals surface area contributed by atoms with E-state index in [4.69, 9.17) is 21.1 Å². The number of methoxy groups -OCH3 is 2. The van der Waals surface area contributed by atoms with Crippen molar-refractivity contribution in [3.05, 3.63) is 18.2 Å². The zero-order valence-corrected chi connectivity index (χ0v) is 10.8. The molecule has 0 aliphatic carbocycles. The van der Waals surface area contributed by atoms with Crippen LogP contribution in [0.1, 0.15) is 6.42 Å². The van der Waals surface area contributed by atoms with Gasteiger partial charge in [0, 0.05) is 31.2 Å². The van der Waals surface area contributed by atoms with E-state index in [9.17, 15) is 0 Å². The Morgan fingerprint density at radius 2 is 1.88 bits per heavy atom. The van der Waals surface area contributed by atoms with Crippen molar-refractivity contribution in [1.82, 2.24) is 0 Å². The summed E-state index contributed by atoms with van der Waals surface area (Å²) in [5.41, 5.74) is 1.10. The number of alkyl halides is 1. The van der Waals surface area contributed by atoms with Crippen LogP contribution in [0.15, 0.2) is 18.2 Å². The third kappa shape index (κ3) is 3.20. The summed E-state index contributed by atoms with van der Waals surface area (Å²) in [6, 6.07) is 5.88. The molecule has 0 saturated carbocycles. The van der Waals surface area contributed by atoms with Crippen LogP contribution in [0, 0.1) is 0 Å². The Morgan fingerprint density at radius 3 is 2.44 bits per heavy atom. The van der Waals surface area contributed by atoms with Crippen LogP contribution in [-0.2, 0) is 0 Å². The molecule has 16 heavy (non-hydrogen) atoms. The monoisotopic (exact) mass is 243 g/mol. The van der Waals surface area contributed by atoms with Crippen LogP contribution in [0.5, 0.6) is 11.5 Å². The molecule has 0 unspecified atom stereocenters. The molecule has 0 heterocycles. The van der Waals surface area contributed by atoms with Crippen molar-refractivity contribution in [2.45, 2.75) is 6.42 Å². The van der Waals surface area contributed by atoms with E-state index in [1.165, 1.54) is 0 Å². The molecule has 1 aromatic rings. The van der Waals surface area contributed by atoms with E-state index in [1.807, 2.05) is 25.2 Å². The van der Waals surface area contributed by atoms with E-state index in [-0.39, 0.29) is 0 Å². The summed E-state index contributed by atoms with van der Waals surface area (Å²) in [6.45, 7) is 0.930. The lowest BCUT2D eigenvalue weighted by Crippen LogP contribution is -2.18. The van der Waals surface area contributed by atoms with Gasteiger partial charge < -0.3 is 14.4 Å². The van der Waals surface area contributed by atoms with Gasteiger partial charge in [-0.25, -0.2) is 0 Å². The van der Waals surface area contributed by atoms with Gasteiger partial charge in [-0.2, -0.15) is 0 Å². The van der Waals surface area contributed by atoms with Crippen molar-refractivity contribution in [3.63, 3.8) is 0 Å². The number of rotatable bonds is 6. The molecule has 0 spiro atoms. The maximum absolute atomic E-state index is 5.67. The van der Waals surface area contributed by atoms with Gasteiger partial charge >= 0.3 is 0 Å². The first-order chi connectivity index (χ1) is 7.72. The second-order valence-corrected chi connectivity index (χ2v) is 3.88. The van der Waals surface area contributed by atoms with E-state index >= 15 is 0 Å². The number of nitrogens with zero attached hydrogens (tertiary/aromatic N) is 1. The largest absolute Gasteiger partial charge is 0.493 e. The van der Waals surface area contributed by atoms with Gasteiger partial charge in [-0.15, -0.1) is 11.6 Å². The van der Waals surface area contributed by atoms with Crippen LogP contribution in [0.4, 0.5) is 5.69 Å². The van der Waals surface area contributed by atoms with Gasteiger partial charge in [0.1, 0.15) is 0 Å². The average molecular weight is 244 g/mol. The second-order valence-electron chi connectivity index (χ2n) is 3.50. The molecule has 0 atom stereocenters. The minimum atomic E-state index is 0.678. The molecule has 0 saturated heterocycles. The molecule has 0 aliphatic rings. The minimum Gasteiger partial charge on any atom is -0.493 e. The molecule has 3 nitrogen and oxygen atoms in total. The van der Waals surface area contributed by atoms with Crippen molar-refractivity contribution in [1.29, 1.82) is 0 Å². The van der Waals surface area contributed by atoms with Gasteiger partial charge in [0.2, 0.25) is 0 Å². The minimum absolute atomic E-state index is 0.678. The highest BCUT2D eigenvalue weighted by molar-refractivity contribution is 6.17. The molecule has 0 amide bonds. The number of benzene rings is 1. The smallest absolute Gasteiger partial charge is 0.162 e. The molecule has 0 aliphatic heterocycles. The van der Waals surface area contributed by atoms with E-state index in [0.717, 1.165) is 30.2 Å². The molecule has 90 valence electrons. The summed E-state index contributed by atoms with van der Waals surface area (Å²) in [6.07, 6.45) is 0.965. The van der Waals surface area contributed by atoms with Crippen LogP contribution in [-0.4, -0.2) is 33.7 Å². The zero-order valence-electron chi connectivity index (χ0n) is 10.00. The summed E-state index contributed by atoms with van der Waals surface area (Å²) in [7, 11) is 5.31. The first kappa shape index (κ1) is 13.0. The van der Waals surface area contributed by atoms with E-state index in [2.05, 4.69) is 4.90 Å². The molecule has 0 fully saturated rings. The second kappa shape index (κ2) is 6.48. The molecule has 0 aromatic heterocycles. The average Bonchev–Trinajstić information content (AvgIpc) is 2.34. The number of anilines is 1. The van der Waals surface area contributed by atoms with Gasteiger partial charge in [-0.3, -0.25) is 0 Å². The Labute approximate surface area is 102 Å². The van der Waals surface area contributed by atoms with Crippen molar-refractivity contribution in [2.24, 2.45) is 0 Å². The topological polar surface area (TPSA) is 21.7 Å². The Balaban J connectivity index is 2.81. The Bertz CT molecular complexity index is 331.